The van der Waals surface area contributed by atoms with E-state index >= 15 is 0 Å². The molecule has 3 heteroatoms. The van der Waals surface area contributed by atoms with E-state index in [2.05, 4.69) is 22.4 Å². The monoisotopic (exact) mass is 191 g/mol. The molecular weight excluding hydrogens is 174 g/mol. The molecule has 0 bridgehead atoms. The molecule has 1 aromatic rings. The minimum absolute atomic E-state index is 0.0864. The zero-order valence-electron chi connectivity index (χ0n) is 8.61. The van der Waals surface area contributed by atoms with Crippen LogP contribution in [0.25, 0.3) is 0 Å². The molecule has 0 aromatic carbocycles. The summed E-state index contributed by atoms with van der Waals surface area (Å²) < 4.78 is 2.09. The van der Waals surface area contributed by atoms with Crippen molar-refractivity contribution in [3.05, 3.63) is 18.2 Å². The molecule has 0 aliphatic heterocycles. The van der Waals surface area contributed by atoms with Crippen molar-refractivity contribution in [2.45, 2.75) is 38.8 Å². The molecular formula is C11H17N3. The largest absolute Gasteiger partial charge is 0.333 e. The van der Waals surface area contributed by atoms with E-state index in [9.17, 15) is 0 Å². The molecule has 1 rings (SSSR count). The van der Waals surface area contributed by atoms with Crippen molar-refractivity contribution in [3.8, 4) is 12.3 Å². The molecule has 14 heavy (non-hydrogen) atoms. The van der Waals surface area contributed by atoms with E-state index in [0.717, 1.165) is 31.5 Å². The average molecular weight is 191 g/mol. The Kier molecular flexibility index (Phi) is 4.21. The van der Waals surface area contributed by atoms with Gasteiger partial charge in [0.05, 0.1) is 12.0 Å². The van der Waals surface area contributed by atoms with Crippen LogP contribution in [-0.2, 0) is 6.54 Å². The highest BCUT2D eigenvalue weighted by Crippen LogP contribution is 2.13. The lowest BCUT2D eigenvalue weighted by Crippen LogP contribution is -2.14. The van der Waals surface area contributed by atoms with E-state index in [0.29, 0.717) is 0 Å². The second kappa shape index (κ2) is 5.46. The van der Waals surface area contributed by atoms with E-state index in [-0.39, 0.29) is 6.04 Å². The summed E-state index contributed by atoms with van der Waals surface area (Å²) in [5.74, 6) is 2.63. The molecule has 0 aliphatic carbocycles. The number of nitrogens with zero attached hydrogens (tertiary/aromatic N) is 2. The lowest BCUT2D eigenvalue weighted by Gasteiger charge is -2.11. The normalized spacial score (nSPS) is 12.4. The van der Waals surface area contributed by atoms with Crippen LogP contribution in [0.5, 0.6) is 0 Å². The Morgan fingerprint density at radius 1 is 1.71 bits per heavy atom. The summed E-state index contributed by atoms with van der Waals surface area (Å²) in [5, 5.41) is 0. The molecule has 0 unspecified atom stereocenters. The van der Waals surface area contributed by atoms with E-state index in [4.69, 9.17) is 12.2 Å². The molecule has 0 amide bonds. The van der Waals surface area contributed by atoms with Crippen LogP contribution in [0.15, 0.2) is 12.5 Å². The van der Waals surface area contributed by atoms with Crippen LogP contribution < -0.4 is 5.73 Å². The van der Waals surface area contributed by atoms with Crippen LogP contribution in [-0.4, -0.2) is 9.55 Å². The van der Waals surface area contributed by atoms with Gasteiger partial charge >= 0.3 is 0 Å². The summed E-state index contributed by atoms with van der Waals surface area (Å²) in [5.41, 5.74) is 7.04. The minimum Gasteiger partial charge on any atom is -0.333 e. The van der Waals surface area contributed by atoms with Gasteiger partial charge < -0.3 is 10.3 Å². The smallest absolute Gasteiger partial charge is 0.0948 e. The number of imidazole rings is 1. The Morgan fingerprint density at radius 3 is 3.14 bits per heavy atom. The lowest BCUT2D eigenvalue weighted by molar-refractivity contribution is 0.573. The zero-order valence-corrected chi connectivity index (χ0v) is 8.61. The first kappa shape index (κ1) is 10.8. The summed E-state index contributed by atoms with van der Waals surface area (Å²) in [6.45, 7) is 2.98. The minimum atomic E-state index is 0.0864. The first-order valence-electron chi connectivity index (χ1n) is 4.98. The number of hydrogen-bond acceptors (Lipinski definition) is 2. The van der Waals surface area contributed by atoms with E-state index < -0.39 is 0 Å². The number of unbranched alkanes of at least 4 members (excludes halogenated alkanes) is 1. The van der Waals surface area contributed by atoms with Gasteiger partial charge in [-0.15, -0.1) is 12.3 Å². The molecule has 0 aliphatic rings. The van der Waals surface area contributed by atoms with E-state index in [1.165, 1.54) is 0 Å². The average Bonchev–Trinajstić information content (AvgIpc) is 2.65. The molecule has 0 saturated heterocycles. The fourth-order valence-corrected chi connectivity index (χ4v) is 1.39. The van der Waals surface area contributed by atoms with Gasteiger partial charge in [0.1, 0.15) is 0 Å². The number of nitrogens with two attached hydrogens (primary N) is 1. The maximum atomic E-state index is 5.94. The Morgan fingerprint density at radius 2 is 2.50 bits per heavy atom. The fourth-order valence-electron chi connectivity index (χ4n) is 1.39. The van der Waals surface area contributed by atoms with Gasteiger partial charge in [-0.3, -0.25) is 0 Å². The quantitative estimate of drug-likeness (QED) is 0.568. The zero-order chi connectivity index (χ0) is 10.4. The van der Waals surface area contributed by atoms with Gasteiger partial charge in [-0.1, -0.05) is 6.92 Å². The molecule has 1 aromatic heterocycles. The predicted octanol–water partition coefficient (Wildman–Crippen LogP) is 1.71. The number of terminal acetylenes is 1. The van der Waals surface area contributed by atoms with Gasteiger partial charge in [0.15, 0.2) is 0 Å². The molecule has 0 fully saturated rings. The summed E-state index contributed by atoms with van der Waals surface area (Å²) >= 11 is 0. The molecule has 0 radical (unpaired) electrons. The van der Waals surface area contributed by atoms with Crippen molar-refractivity contribution in [3.63, 3.8) is 0 Å². The van der Waals surface area contributed by atoms with Gasteiger partial charge in [-0.2, -0.15) is 0 Å². The number of hydrogen-bond donors (Lipinski definition) is 1. The van der Waals surface area contributed by atoms with E-state index in [1.807, 2.05) is 12.5 Å². The van der Waals surface area contributed by atoms with Crippen molar-refractivity contribution in [1.82, 2.24) is 9.55 Å². The molecule has 0 saturated carbocycles. The third kappa shape index (κ3) is 2.61. The molecule has 0 spiro atoms. The van der Waals surface area contributed by atoms with Crippen LogP contribution in [0.1, 0.15) is 37.9 Å². The van der Waals surface area contributed by atoms with Gasteiger partial charge in [0.2, 0.25) is 0 Å². The SMILES string of the molecule is C#CCCCn1cncc1[C@H](N)CC. The molecule has 2 N–H and O–H groups in total. The number of rotatable bonds is 5. The summed E-state index contributed by atoms with van der Waals surface area (Å²) in [7, 11) is 0. The highest BCUT2D eigenvalue weighted by molar-refractivity contribution is 5.04. The van der Waals surface area contributed by atoms with Gasteiger partial charge in [0, 0.05) is 25.2 Å². The van der Waals surface area contributed by atoms with Crippen molar-refractivity contribution in [2.24, 2.45) is 5.73 Å². The van der Waals surface area contributed by atoms with Crippen molar-refractivity contribution in [2.75, 3.05) is 0 Å². The van der Waals surface area contributed by atoms with Crippen molar-refractivity contribution >= 4 is 0 Å². The van der Waals surface area contributed by atoms with E-state index in [1.54, 1.807) is 0 Å². The highest BCUT2D eigenvalue weighted by Gasteiger charge is 2.08. The summed E-state index contributed by atoms with van der Waals surface area (Å²) in [6, 6.07) is 0.0864. The number of aromatic nitrogens is 2. The fraction of sp³-hybridized carbons (Fsp3) is 0.545. The molecule has 1 atom stereocenters. The Bertz CT molecular complexity index is 309. The van der Waals surface area contributed by atoms with Crippen LogP contribution >= 0.6 is 0 Å². The Balaban J connectivity index is 2.59. The number of aryl methyl sites for hydroxylation is 1. The highest BCUT2D eigenvalue weighted by atomic mass is 15.1. The topological polar surface area (TPSA) is 43.8 Å². The summed E-state index contributed by atoms with van der Waals surface area (Å²) in [4.78, 5) is 4.10. The second-order valence-corrected chi connectivity index (χ2v) is 3.33. The van der Waals surface area contributed by atoms with Crippen molar-refractivity contribution < 1.29 is 0 Å². The maximum Gasteiger partial charge on any atom is 0.0948 e. The van der Waals surface area contributed by atoms with Crippen LogP contribution in [0.3, 0.4) is 0 Å². The second-order valence-electron chi connectivity index (χ2n) is 3.33. The van der Waals surface area contributed by atoms with Crippen molar-refractivity contribution in [1.29, 1.82) is 0 Å². The third-order valence-corrected chi connectivity index (χ3v) is 2.28. The van der Waals surface area contributed by atoms with Gasteiger partial charge in [0.25, 0.3) is 0 Å². The Labute approximate surface area is 85.3 Å². The van der Waals surface area contributed by atoms with Gasteiger partial charge in [-0.25, -0.2) is 4.98 Å². The maximum absolute atomic E-state index is 5.94. The first-order chi connectivity index (χ1) is 6.79. The van der Waals surface area contributed by atoms with Crippen LogP contribution in [0.4, 0.5) is 0 Å². The van der Waals surface area contributed by atoms with Crippen LogP contribution in [0, 0.1) is 12.3 Å². The molecule has 1 heterocycles. The summed E-state index contributed by atoms with van der Waals surface area (Å²) in [6.07, 6.45) is 11.6. The van der Waals surface area contributed by atoms with Gasteiger partial charge in [-0.05, 0) is 12.8 Å². The Hall–Kier alpha value is -1.27. The molecule has 76 valence electrons. The standard InChI is InChI=1S/C11H17N3/c1-3-5-6-7-14-9-13-8-11(14)10(12)4-2/h1,8-10H,4-7,12H2,2H3/t10-/m1/s1. The lowest BCUT2D eigenvalue weighted by atomic mass is 10.2. The predicted molar refractivity (Wildman–Crippen MR) is 57.5 cm³/mol. The van der Waals surface area contributed by atoms with Crippen LogP contribution in [0.2, 0.25) is 0 Å². The molecule has 3 nitrogen and oxygen atoms in total. The first-order valence-corrected chi connectivity index (χ1v) is 4.98. The third-order valence-electron chi connectivity index (χ3n) is 2.28.